The second-order valence-electron chi connectivity index (χ2n) is 0. The van der Waals surface area contributed by atoms with Crippen LogP contribution in [0, 0.1) is 0 Å². The van der Waals surface area contributed by atoms with E-state index in [4.69, 9.17) is 0 Å². The van der Waals surface area contributed by atoms with Gasteiger partial charge in [-0.1, -0.05) is 0 Å². The van der Waals surface area contributed by atoms with E-state index < -0.39 is 0 Å². The van der Waals surface area contributed by atoms with Crippen LogP contribution in [0.3, 0.4) is 0 Å². The molecule has 0 aromatic heterocycles. The summed E-state index contributed by atoms with van der Waals surface area (Å²) in [5, 5.41) is 0. The summed E-state index contributed by atoms with van der Waals surface area (Å²) in [4.78, 5) is 0. The molecule has 0 spiro atoms. The predicted molar refractivity (Wildman–Crippen MR) is 35.9 cm³/mol. The van der Waals surface area contributed by atoms with E-state index in [9.17, 15) is 0 Å². The van der Waals surface area contributed by atoms with Crippen LogP contribution in [0.15, 0.2) is 0 Å². The summed E-state index contributed by atoms with van der Waals surface area (Å²) in [7, 11) is 0. The van der Waals surface area contributed by atoms with Crippen LogP contribution in [0.4, 0.5) is 0 Å². The first-order valence-electron chi connectivity index (χ1n) is 0. The van der Waals surface area contributed by atoms with Crippen LogP contribution >= 0.6 is 0 Å². The van der Waals surface area contributed by atoms with Crippen molar-refractivity contribution in [3.8, 4) is 0 Å². The van der Waals surface area contributed by atoms with Gasteiger partial charge in [-0.2, -0.15) is 0 Å². The fourth-order valence-electron chi connectivity index (χ4n) is 0. The third-order valence-electron chi connectivity index (χ3n) is 0. The van der Waals surface area contributed by atoms with Crippen molar-refractivity contribution in [3.63, 3.8) is 0 Å². The molecule has 0 aliphatic heterocycles. The average molecular weight is 256 g/mol. The summed E-state index contributed by atoms with van der Waals surface area (Å²) >= 11 is 0. The Kier molecular flexibility index (Phi) is 11600000. The second kappa shape index (κ2) is 9120. The van der Waals surface area contributed by atoms with E-state index in [-0.39, 0.29) is 72.8 Å². The van der Waals surface area contributed by atoms with Crippen LogP contribution in [-0.4, -0.2) is 16.4 Å². The fraction of sp³-hybridized carbons (Fsp3) is 0. The van der Waals surface area contributed by atoms with E-state index in [1.165, 1.54) is 0 Å². The summed E-state index contributed by atoms with van der Waals surface area (Å²) in [5.41, 5.74) is 0. The Morgan fingerprint density at radius 1 is 0.300 bits per heavy atom. The number of hydrogen-bond donors (Lipinski definition) is 6. The van der Waals surface area contributed by atoms with Crippen molar-refractivity contribution in [1.82, 2.24) is 36.9 Å². The van der Waals surface area contributed by atoms with Crippen LogP contribution in [0.5, 0.6) is 0 Å². The monoisotopic (exact) mass is 256 g/mol. The molecular weight excluding hydrogens is 235 g/mol. The van der Waals surface area contributed by atoms with E-state index in [1.807, 2.05) is 0 Å². The summed E-state index contributed by atoms with van der Waals surface area (Å²) < 4.78 is 0. The smallest absolute Gasteiger partial charge is 0.870 e. The van der Waals surface area contributed by atoms with Crippen molar-refractivity contribution < 1.29 is 35.9 Å². The standard InChI is InChI=1S/6H3N.3H2O.Rh/h6*1H3;3*1H2;/q;;;;;;;;;+3/p-3. The molecule has 0 fully saturated rings. The van der Waals surface area contributed by atoms with E-state index >= 15 is 0 Å². The largest absolute Gasteiger partial charge is 3.00 e. The van der Waals surface area contributed by atoms with Gasteiger partial charge in [0.25, 0.3) is 0 Å². The zero-order valence-corrected chi connectivity index (χ0v) is 7.56. The molecule has 0 aromatic rings. The summed E-state index contributed by atoms with van der Waals surface area (Å²) in [6, 6.07) is 0. The van der Waals surface area contributed by atoms with Gasteiger partial charge >= 0.3 is 19.5 Å². The Bertz CT molecular complexity index is 13.0. The Balaban J connectivity index is 0. The molecule has 21 N–H and O–H groups in total. The van der Waals surface area contributed by atoms with Crippen molar-refractivity contribution in [2.45, 2.75) is 0 Å². The molecule has 9 nitrogen and oxygen atoms in total. The quantitative estimate of drug-likeness (QED) is 0.326. The van der Waals surface area contributed by atoms with Crippen LogP contribution in [0.2, 0.25) is 0 Å². The van der Waals surface area contributed by atoms with E-state index in [1.54, 1.807) is 0 Å². The van der Waals surface area contributed by atoms with E-state index in [2.05, 4.69) is 0 Å². The van der Waals surface area contributed by atoms with Gasteiger partial charge in [-0.25, -0.2) is 0 Å². The molecule has 0 rings (SSSR count). The first-order chi connectivity index (χ1) is 0. The van der Waals surface area contributed by atoms with Crippen LogP contribution in [-0.2, 0) is 19.5 Å². The molecule has 10 heavy (non-hydrogen) atoms. The Labute approximate surface area is 73.5 Å². The zero-order valence-electron chi connectivity index (χ0n) is 5.92. The van der Waals surface area contributed by atoms with E-state index in [0.717, 1.165) is 0 Å². The van der Waals surface area contributed by atoms with Gasteiger partial charge < -0.3 is 53.3 Å². The van der Waals surface area contributed by atoms with Gasteiger partial charge in [-0.05, 0) is 0 Å². The molecule has 10 heteroatoms. The van der Waals surface area contributed by atoms with Gasteiger partial charge in [0.1, 0.15) is 0 Å². The minimum atomic E-state index is 0. The first-order valence-corrected chi connectivity index (χ1v) is 0. The molecule has 0 aliphatic rings. The molecule has 0 radical (unpaired) electrons. The number of hydrogen-bond acceptors (Lipinski definition) is 9. The molecule has 0 aromatic carbocycles. The molecule has 0 saturated heterocycles. The SMILES string of the molecule is N.N.N.N.N.N.[OH-].[OH-].[OH-].[Rh+3]. The summed E-state index contributed by atoms with van der Waals surface area (Å²) in [6.45, 7) is 0. The van der Waals surface area contributed by atoms with Gasteiger partial charge in [0.2, 0.25) is 0 Å². The van der Waals surface area contributed by atoms with Gasteiger partial charge in [-0.15, -0.1) is 0 Å². The van der Waals surface area contributed by atoms with Crippen molar-refractivity contribution in [1.29, 1.82) is 0 Å². The summed E-state index contributed by atoms with van der Waals surface area (Å²) in [6.07, 6.45) is 0. The first kappa shape index (κ1) is 12700. The molecule has 0 saturated carbocycles. The van der Waals surface area contributed by atoms with Crippen LogP contribution in [0.1, 0.15) is 0 Å². The van der Waals surface area contributed by atoms with Gasteiger partial charge in [0.05, 0.1) is 0 Å². The molecular formula is H21N6O3Rh. The minimum absolute atomic E-state index is 0. The normalized spacial score (nSPS) is 0. The van der Waals surface area contributed by atoms with Crippen molar-refractivity contribution in [3.05, 3.63) is 0 Å². The fourth-order valence-corrected chi connectivity index (χ4v) is 0. The van der Waals surface area contributed by atoms with Crippen LogP contribution < -0.4 is 36.9 Å². The predicted octanol–water partition coefficient (Wildman–Crippen LogP) is 0.439. The van der Waals surface area contributed by atoms with Crippen LogP contribution in [0.25, 0.3) is 0 Å². The molecule has 0 atom stereocenters. The van der Waals surface area contributed by atoms with Crippen molar-refractivity contribution in [2.75, 3.05) is 0 Å². The maximum Gasteiger partial charge on any atom is 3.00 e. The average Bonchev–Trinajstić information content (AvgIpc) is 0. The van der Waals surface area contributed by atoms with Gasteiger partial charge in [0.15, 0.2) is 0 Å². The molecule has 0 bridgehead atoms. The van der Waals surface area contributed by atoms with Gasteiger partial charge in [-0.3, -0.25) is 0 Å². The maximum atomic E-state index is 0. The Hall–Kier alpha value is 0.263. The molecule has 0 unspecified atom stereocenters. The van der Waals surface area contributed by atoms with Crippen molar-refractivity contribution >= 4 is 0 Å². The maximum absolute atomic E-state index is 0. The van der Waals surface area contributed by atoms with Crippen molar-refractivity contribution in [2.24, 2.45) is 0 Å². The third kappa shape index (κ3) is 6280. The number of rotatable bonds is 0. The molecule has 78 valence electrons. The topological polar surface area (TPSA) is 300 Å². The Morgan fingerprint density at radius 3 is 0.300 bits per heavy atom. The zero-order chi connectivity index (χ0) is 0. The van der Waals surface area contributed by atoms with Gasteiger partial charge in [0, 0.05) is 0 Å². The molecule has 0 heterocycles. The summed E-state index contributed by atoms with van der Waals surface area (Å²) in [5.74, 6) is 0. The third-order valence-corrected chi connectivity index (χ3v) is 0. The van der Waals surface area contributed by atoms with E-state index in [0.29, 0.717) is 0 Å². The molecule has 0 amide bonds. The Morgan fingerprint density at radius 2 is 0.300 bits per heavy atom. The second-order valence-corrected chi connectivity index (χ2v) is 0. The molecule has 0 aliphatic carbocycles. The minimum Gasteiger partial charge on any atom is -0.870 e.